The largest absolute Gasteiger partial charge is 0.441 e. The first-order valence-corrected chi connectivity index (χ1v) is 7.78. The van der Waals surface area contributed by atoms with E-state index in [1.807, 2.05) is 25.1 Å². The van der Waals surface area contributed by atoms with Crippen molar-refractivity contribution in [2.75, 3.05) is 0 Å². The Kier molecular flexibility index (Phi) is 4.42. The van der Waals surface area contributed by atoms with Gasteiger partial charge in [0.2, 0.25) is 5.91 Å². The fraction of sp³-hybridized carbons (Fsp3) is 0.263. The van der Waals surface area contributed by atoms with Gasteiger partial charge >= 0.3 is 0 Å². The van der Waals surface area contributed by atoms with Crippen LogP contribution in [0.5, 0.6) is 0 Å². The SMILES string of the molecule is Cc1ccc(CCC(=O)NCc2ccc3nc(C)oc3c2)cc1. The van der Waals surface area contributed by atoms with Crippen LogP contribution in [0.3, 0.4) is 0 Å². The molecule has 1 amide bonds. The monoisotopic (exact) mass is 308 g/mol. The average molecular weight is 308 g/mol. The number of amides is 1. The molecule has 23 heavy (non-hydrogen) atoms. The fourth-order valence-corrected chi connectivity index (χ4v) is 2.50. The van der Waals surface area contributed by atoms with Crippen molar-refractivity contribution in [2.24, 2.45) is 0 Å². The third kappa shape index (κ3) is 3.97. The molecule has 4 nitrogen and oxygen atoms in total. The highest BCUT2D eigenvalue weighted by molar-refractivity contribution is 5.77. The number of carbonyl (C=O) groups excluding carboxylic acids is 1. The van der Waals surface area contributed by atoms with Gasteiger partial charge in [-0.3, -0.25) is 4.79 Å². The van der Waals surface area contributed by atoms with Gasteiger partial charge in [0.05, 0.1) is 0 Å². The summed E-state index contributed by atoms with van der Waals surface area (Å²) < 4.78 is 5.51. The smallest absolute Gasteiger partial charge is 0.220 e. The summed E-state index contributed by atoms with van der Waals surface area (Å²) in [7, 11) is 0. The van der Waals surface area contributed by atoms with Crippen molar-refractivity contribution in [3.63, 3.8) is 0 Å². The van der Waals surface area contributed by atoms with Crippen LogP contribution in [0.15, 0.2) is 46.9 Å². The van der Waals surface area contributed by atoms with Gasteiger partial charge < -0.3 is 9.73 Å². The number of nitrogens with one attached hydrogen (secondary N) is 1. The highest BCUT2D eigenvalue weighted by Gasteiger charge is 2.05. The number of fused-ring (bicyclic) bond motifs is 1. The van der Waals surface area contributed by atoms with Crippen molar-refractivity contribution in [1.82, 2.24) is 10.3 Å². The lowest BCUT2D eigenvalue weighted by Gasteiger charge is -2.06. The number of carbonyl (C=O) groups is 1. The predicted octanol–water partition coefficient (Wildman–Crippen LogP) is 3.69. The molecule has 0 saturated heterocycles. The van der Waals surface area contributed by atoms with Gasteiger partial charge in [-0.25, -0.2) is 4.98 Å². The van der Waals surface area contributed by atoms with Gasteiger partial charge in [0.15, 0.2) is 11.5 Å². The van der Waals surface area contributed by atoms with Crippen molar-refractivity contribution in [3.8, 4) is 0 Å². The lowest BCUT2D eigenvalue weighted by molar-refractivity contribution is -0.121. The maximum atomic E-state index is 12.0. The molecule has 1 aromatic heterocycles. The molecule has 0 radical (unpaired) electrons. The van der Waals surface area contributed by atoms with Crippen molar-refractivity contribution in [1.29, 1.82) is 0 Å². The normalized spacial score (nSPS) is 10.9. The Morgan fingerprint density at radius 2 is 1.83 bits per heavy atom. The second-order valence-electron chi connectivity index (χ2n) is 5.80. The predicted molar refractivity (Wildman–Crippen MR) is 90.1 cm³/mol. The highest BCUT2D eigenvalue weighted by atomic mass is 16.3. The molecular weight excluding hydrogens is 288 g/mol. The summed E-state index contributed by atoms with van der Waals surface area (Å²) in [6.45, 7) is 4.39. The van der Waals surface area contributed by atoms with E-state index in [1.54, 1.807) is 0 Å². The van der Waals surface area contributed by atoms with Crippen LogP contribution in [0.25, 0.3) is 11.1 Å². The second kappa shape index (κ2) is 6.65. The van der Waals surface area contributed by atoms with E-state index in [1.165, 1.54) is 11.1 Å². The van der Waals surface area contributed by atoms with Crippen LogP contribution in [0.1, 0.15) is 29.0 Å². The molecule has 3 rings (SSSR count). The Hall–Kier alpha value is -2.62. The van der Waals surface area contributed by atoms with E-state index in [0.717, 1.165) is 23.1 Å². The van der Waals surface area contributed by atoms with Crippen LogP contribution in [0.4, 0.5) is 0 Å². The zero-order valence-corrected chi connectivity index (χ0v) is 13.4. The molecule has 0 aliphatic rings. The van der Waals surface area contributed by atoms with Crippen LogP contribution in [-0.4, -0.2) is 10.9 Å². The van der Waals surface area contributed by atoms with Crippen molar-refractivity contribution >= 4 is 17.0 Å². The van der Waals surface area contributed by atoms with Crippen LogP contribution < -0.4 is 5.32 Å². The van der Waals surface area contributed by atoms with Gasteiger partial charge in [0, 0.05) is 19.9 Å². The fourth-order valence-electron chi connectivity index (χ4n) is 2.50. The van der Waals surface area contributed by atoms with Gasteiger partial charge in [-0.2, -0.15) is 0 Å². The van der Waals surface area contributed by atoms with Crippen molar-refractivity contribution < 1.29 is 9.21 Å². The first-order valence-electron chi connectivity index (χ1n) is 7.78. The van der Waals surface area contributed by atoms with E-state index < -0.39 is 0 Å². The molecule has 1 heterocycles. The Bertz CT molecular complexity index is 819. The molecule has 0 atom stereocenters. The number of benzene rings is 2. The molecule has 0 aliphatic carbocycles. The van der Waals surface area contributed by atoms with Gasteiger partial charge in [0.1, 0.15) is 5.52 Å². The quantitative estimate of drug-likeness (QED) is 0.782. The van der Waals surface area contributed by atoms with Gasteiger partial charge in [-0.1, -0.05) is 35.9 Å². The summed E-state index contributed by atoms with van der Waals surface area (Å²) >= 11 is 0. The van der Waals surface area contributed by atoms with E-state index in [4.69, 9.17) is 4.42 Å². The number of oxazole rings is 1. The molecule has 0 saturated carbocycles. The minimum Gasteiger partial charge on any atom is -0.441 e. The standard InChI is InChI=1S/C19H20N2O2/c1-13-3-5-15(6-4-13)8-10-19(22)20-12-16-7-9-17-18(11-16)23-14(2)21-17/h3-7,9,11H,8,10,12H2,1-2H3,(H,20,22). The van der Waals surface area contributed by atoms with Crippen molar-refractivity contribution in [3.05, 3.63) is 65.0 Å². The van der Waals surface area contributed by atoms with E-state index >= 15 is 0 Å². The van der Waals surface area contributed by atoms with Crippen LogP contribution in [-0.2, 0) is 17.8 Å². The van der Waals surface area contributed by atoms with E-state index in [9.17, 15) is 4.79 Å². The molecule has 2 aromatic carbocycles. The molecule has 0 fully saturated rings. The number of hydrogen-bond acceptors (Lipinski definition) is 3. The average Bonchev–Trinajstić information content (AvgIpc) is 2.91. The molecule has 3 aromatic rings. The maximum Gasteiger partial charge on any atom is 0.220 e. The molecule has 0 spiro atoms. The molecule has 118 valence electrons. The Morgan fingerprint density at radius 3 is 2.61 bits per heavy atom. The minimum absolute atomic E-state index is 0.0550. The molecule has 0 aliphatic heterocycles. The highest BCUT2D eigenvalue weighted by Crippen LogP contribution is 2.16. The summed E-state index contributed by atoms with van der Waals surface area (Å²) in [6, 6.07) is 14.1. The number of nitrogens with zero attached hydrogens (tertiary/aromatic N) is 1. The Balaban J connectivity index is 1.52. The number of hydrogen-bond donors (Lipinski definition) is 1. The third-order valence-corrected chi connectivity index (χ3v) is 3.81. The van der Waals surface area contributed by atoms with E-state index in [0.29, 0.717) is 18.9 Å². The first kappa shape index (κ1) is 15.3. The number of aromatic nitrogens is 1. The lowest BCUT2D eigenvalue weighted by Crippen LogP contribution is -2.22. The molecular formula is C19H20N2O2. The molecule has 4 heteroatoms. The third-order valence-electron chi connectivity index (χ3n) is 3.81. The minimum atomic E-state index is 0.0550. The lowest BCUT2D eigenvalue weighted by atomic mass is 10.1. The topological polar surface area (TPSA) is 55.1 Å². The summed E-state index contributed by atoms with van der Waals surface area (Å²) in [5, 5.41) is 2.95. The molecule has 0 unspecified atom stereocenters. The summed E-state index contributed by atoms with van der Waals surface area (Å²) in [5.74, 6) is 0.707. The van der Waals surface area contributed by atoms with Gasteiger partial charge in [-0.15, -0.1) is 0 Å². The maximum absolute atomic E-state index is 12.0. The Morgan fingerprint density at radius 1 is 1.09 bits per heavy atom. The first-order chi connectivity index (χ1) is 11.1. The zero-order chi connectivity index (χ0) is 16.2. The molecule has 1 N–H and O–H groups in total. The number of aryl methyl sites for hydroxylation is 3. The van der Waals surface area contributed by atoms with E-state index in [2.05, 4.69) is 41.5 Å². The second-order valence-corrected chi connectivity index (χ2v) is 5.80. The van der Waals surface area contributed by atoms with Gasteiger partial charge in [-0.05, 0) is 36.6 Å². The summed E-state index contributed by atoms with van der Waals surface area (Å²) in [4.78, 5) is 16.2. The van der Waals surface area contributed by atoms with Crippen molar-refractivity contribution in [2.45, 2.75) is 33.2 Å². The van der Waals surface area contributed by atoms with E-state index in [-0.39, 0.29) is 5.91 Å². The van der Waals surface area contributed by atoms with Gasteiger partial charge in [0.25, 0.3) is 0 Å². The van der Waals surface area contributed by atoms with Crippen LogP contribution >= 0.6 is 0 Å². The molecule has 0 bridgehead atoms. The summed E-state index contributed by atoms with van der Waals surface area (Å²) in [5.41, 5.74) is 5.03. The number of rotatable bonds is 5. The Labute approximate surface area is 135 Å². The summed E-state index contributed by atoms with van der Waals surface area (Å²) in [6.07, 6.45) is 1.25. The van der Waals surface area contributed by atoms with Crippen LogP contribution in [0, 0.1) is 13.8 Å². The zero-order valence-electron chi connectivity index (χ0n) is 13.4. The van der Waals surface area contributed by atoms with Crippen LogP contribution in [0.2, 0.25) is 0 Å².